The Morgan fingerprint density at radius 3 is 2.63 bits per heavy atom. The molecular weight excluding hydrogens is 370 g/mol. The number of anilines is 1. The van der Waals surface area contributed by atoms with Gasteiger partial charge >= 0.3 is 0 Å². The summed E-state index contributed by atoms with van der Waals surface area (Å²) in [6.45, 7) is 1.36. The fourth-order valence-corrected chi connectivity index (χ4v) is 3.18. The Bertz CT molecular complexity index is 572. The highest BCUT2D eigenvalue weighted by Gasteiger charge is 2.08. The first-order chi connectivity index (χ1) is 9.10. The molecule has 0 saturated heterocycles. The van der Waals surface area contributed by atoms with Crippen LogP contribution in [0.1, 0.15) is 11.1 Å². The van der Waals surface area contributed by atoms with Gasteiger partial charge in [-0.3, -0.25) is 0 Å². The monoisotopic (exact) mass is 383 g/mol. The predicted molar refractivity (Wildman–Crippen MR) is 86.1 cm³/mol. The molecule has 0 spiro atoms. The number of nitrogens with two attached hydrogens (primary N) is 1. The molecule has 2 rings (SSSR count). The van der Waals surface area contributed by atoms with Crippen LogP contribution in [0.25, 0.3) is 0 Å². The largest absolute Gasteiger partial charge is 0.354 e. The summed E-state index contributed by atoms with van der Waals surface area (Å²) >= 11 is 6.94. The zero-order valence-corrected chi connectivity index (χ0v) is 13.8. The number of benzene rings is 1. The molecule has 0 amide bonds. The molecule has 0 saturated carbocycles. The Balaban J connectivity index is 2.17. The molecule has 0 aliphatic heterocycles. The Labute approximate surface area is 130 Å². The average Bonchev–Trinajstić information content (AvgIpc) is 2.38. The van der Waals surface area contributed by atoms with Gasteiger partial charge in [-0.1, -0.05) is 24.3 Å². The van der Waals surface area contributed by atoms with Crippen molar-refractivity contribution in [3.63, 3.8) is 0 Å². The number of hydrogen-bond donors (Lipinski definition) is 1. The minimum Gasteiger partial charge on any atom is -0.354 e. The number of aromatic nitrogens is 1. The van der Waals surface area contributed by atoms with E-state index >= 15 is 0 Å². The van der Waals surface area contributed by atoms with E-state index < -0.39 is 0 Å². The Kier molecular flexibility index (Phi) is 4.96. The first-order valence-corrected chi connectivity index (χ1v) is 7.49. The minimum absolute atomic E-state index is 0.567. The lowest BCUT2D eigenvalue weighted by atomic mass is 10.1. The molecule has 0 bridgehead atoms. The molecule has 5 heteroatoms. The summed E-state index contributed by atoms with van der Waals surface area (Å²) < 4.78 is 1.93. The highest BCUT2D eigenvalue weighted by atomic mass is 79.9. The maximum absolute atomic E-state index is 5.66. The average molecular weight is 385 g/mol. The van der Waals surface area contributed by atoms with E-state index in [9.17, 15) is 0 Å². The van der Waals surface area contributed by atoms with E-state index in [2.05, 4.69) is 53.9 Å². The molecule has 3 nitrogen and oxygen atoms in total. The van der Waals surface area contributed by atoms with Crippen molar-refractivity contribution in [2.24, 2.45) is 5.73 Å². The smallest absolute Gasteiger partial charge is 0.142 e. The second-order valence-electron chi connectivity index (χ2n) is 4.34. The van der Waals surface area contributed by atoms with Crippen LogP contribution in [-0.4, -0.2) is 12.0 Å². The zero-order valence-electron chi connectivity index (χ0n) is 10.6. The number of halogens is 2. The van der Waals surface area contributed by atoms with Gasteiger partial charge in [-0.15, -0.1) is 0 Å². The molecule has 0 radical (unpaired) electrons. The number of pyridine rings is 1. The molecule has 0 atom stereocenters. The number of nitrogens with zero attached hydrogens (tertiary/aromatic N) is 2. The molecule has 2 aromatic rings. The summed E-state index contributed by atoms with van der Waals surface area (Å²) in [6.07, 6.45) is 1.80. The van der Waals surface area contributed by atoms with Gasteiger partial charge in [0.2, 0.25) is 0 Å². The van der Waals surface area contributed by atoms with Crippen molar-refractivity contribution in [2.45, 2.75) is 13.1 Å². The van der Waals surface area contributed by atoms with Crippen LogP contribution >= 0.6 is 31.9 Å². The van der Waals surface area contributed by atoms with E-state index in [0.717, 1.165) is 26.9 Å². The minimum atomic E-state index is 0.567. The molecule has 2 N–H and O–H groups in total. The summed E-state index contributed by atoms with van der Waals surface area (Å²) in [6, 6.07) is 10.3. The summed E-state index contributed by atoms with van der Waals surface area (Å²) in [5, 5.41) is 0. The fourth-order valence-electron chi connectivity index (χ4n) is 1.89. The normalized spacial score (nSPS) is 10.5. The van der Waals surface area contributed by atoms with Gasteiger partial charge in [0.15, 0.2) is 0 Å². The van der Waals surface area contributed by atoms with Gasteiger partial charge in [0.25, 0.3) is 0 Å². The molecule has 0 aliphatic carbocycles. The van der Waals surface area contributed by atoms with Crippen LogP contribution in [0, 0.1) is 0 Å². The zero-order chi connectivity index (χ0) is 13.8. The molecule has 1 aromatic heterocycles. The maximum atomic E-state index is 5.66. The lowest BCUT2D eigenvalue weighted by molar-refractivity contribution is 0.889. The van der Waals surface area contributed by atoms with Crippen LogP contribution < -0.4 is 10.6 Å². The topological polar surface area (TPSA) is 42.1 Å². The number of hydrogen-bond acceptors (Lipinski definition) is 3. The predicted octanol–water partition coefficient (Wildman–Crippen LogP) is 3.70. The number of rotatable bonds is 4. The van der Waals surface area contributed by atoms with Crippen LogP contribution in [0.3, 0.4) is 0 Å². The van der Waals surface area contributed by atoms with E-state index in [4.69, 9.17) is 5.73 Å². The Morgan fingerprint density at radius 1 is 1.21 bits per heavy atom. The lowest BCUT2D eigenvalue weighted by Crippen LogP contribution is -2.18. The third kappa shape index (κ3) is 3.78. The Hall–Kier alpha value is -0.910. The second kappa shape index (κ2) is 6.50. The fraction of sp³-hybridized carbons (Fsp3) is 0.214. The highest BCUT2D eigenvalue weighted by molar-refractivity contribution is 9.11. The van der Waals surface area contributed by atoms with Crippen molar-refractivity contribution in [3.05, 3.63) is 56.6 Å². The van der Waals surface area contributed by atoms with E-state index in [1.165, 1.54) is 5.56 Å². The molecule has 0 unspecified atom stereocenters. The summed E-state index contributed by atoms with van der Waals surface area (Å²) in [7, 11) is 2.02. The van der Waals surface area contributed by atoms with Crippen LogP contribution in [0.2, 0.25) is 0 Å². The van der Waals surface area contributed by atoms with Crippen molar-refractivity contribution in [1.29, 1.82) is 0 Å². The molecule has 0 fully saturated rings. The summed E-state index contributed by atoms with van der Waals surface area (Å²) in [5.41, 5.74) is 8.03. The van der Waals surface area contributed by atoms with Gasteiger partial charge in [0.1, 0.15) is 5.82 Å². The first kappa shape index (κ1) is 14.5. The third-order valence-corrected chi connectivity index (χ3v) is 3.81. The molecule has 1 heterocycles. The molecule has 0 aliphatic rings. The molecular formula is C14H15Br2N3. The van der Waals surface area contributed by atoms with Gasteiger partial charge in [-0.05, 0) is 49.1 Å². The summed E-state index contributed by atoms with van der Waals surface area (Å²) in [5.74, 6) is 0.918. The van der Waals surface area contributed by atoms with E-state index in [1.54, 1.807) is 6.20 Å². The highest BCUT2D eigenvalue weighted by Crippen LogP contribution is 2.26. The lowest BCUT2D eigenvalue weighted by Gasteiger charge is -2.20. The van der Waals surface area contributed by atoms with Gasteiger partial charge in [-0.2, -0.15) is 0 Å². The SMILES string of the molecule is CN(Cc1cccc(CN)c1)c1ncc(Br)cc1Br. The van der Waals surface area contributed by atoms with Crippen LogP contribution in [-0.2, 0) is 13.1 Å². The van der Waals surface area contributed by atoms with Crippen molar-refractivity contribution in [2.75, 3.05) is 11.9 Å². The molecule has 100 valence electrons. The van der Waals surface area contributed by atoms with Gasteiger partial charge in [0, 0.05) is 30.8 Å². The van der Waals surface area contributed by atoms with Gasteiger partial charge in [-0.25, -0.2) is 4.98 Å². The van der Waals surface area contributed by atoms with Gasteiger partial charge < -0.3 is 10.6 Å². The standard InChI is InChI=1S/C14H15Br2N3/c1-19(14-13(16)6-12(15)8-18-14)9-11-4-2-3-10(5-11)7-17/h2-6,8H,7,9,17H2,1H3. The van der Waals surface area contributed by atoms with Gasteiger partial charge in [0.05, 0.1) is 4.47 Å². The Morgan fingerprint density at radius 2 is 1.95 bits per heavy atom. The summed E-state index contributed by atoms with van der Waals surface area (Å²) in [4.78, 5) is 6.53. The molecule has 19 heavy (non-hydrogen) atoms. The van der Waals surface area contributed by atoms with Crippen molar-refractivity contribution >= 4 is 37.7 Å². The van der Waals surface area contributed by atoms with Crippen LogP contribution in [0.15, 0.2) is 45.5 Å². The van der Waals surface area contributed by atoms with Crippen molar-refractivity contribution in [1.82, 2.24) is 4.98 Å². The van der Waals surface area contributed by atoms with E-state index in [-0.39, 0.29) is 0 Å². The van der Waals surface area contributed by atoms with Crippen molar-refractivity contribution in [3.8, 4) is 0 Å². The van der Waals surface area contributed by atoms with E-state index in [0.29, 0.717) is 6.54 Å². The second-order valence-corrected chi connectivity index (χ2v) is 6.11. The van der Waals surface area contributed by atoms with Crippen LogP contribution in [0.4, 0.5) is 5.82 Å². The van der Waals surface area contributed by atoms with Crippen LogP contribution in [0.5, 0.6) is 0 Å². The maximum Gasteiger partial charge on any atom is 0.142 e. The molecule has 1 aromatic carbocycles. The first-order valence-electron chi connectivity index (χ1n) is 5.90. The quantitative estimate of drug-likeness (QED) is 0.873. The third-order valence-electron chi connectivity index (χ3n) is 2.80. The van der Waals surface area contributed by atoms with E-state index in [1.807, 2.05) is 25.2 Å². The van der Waals surface area contributed by atoms with Crippen molar-refractivity contribution < 1.29 is 0 Å².